The van der Waals surface area contributed by atoms with Crippen molar-refractivity contribution in [2.24, 2.45) is 0 Å². The Labute approximate surface area is 108 Å². The highest BCUT2D eigenvalue weighted by atomic mass is 19.1. The smallest absolute Gasteiger partial charge is 0.308 e. The molecule has 0 radical (unpaired) electrons. The molecular weight excluding hydrogens is 253 g/mol. The van der Waals surface area contributed by atoms with E-state index in [1.54, 1.807) is 0 Å². The summed E-state index contributed by atoms with van der Waals surface area (Å²) in [5.41, 5.74) is 0.922. The zero-order valence-electron chi connectivity index (χ0n) is 10.5. The van der Waals surface area contributed by atoms with E-state index in [-0.39, 0.29) is 18.2 Å². The van der Waals surface area contributed by atoms with Crippen molar-refractivity contribution in [3.8, 4) is 17.0 Å². The third kappa shape index (κ3) is 2.97. The topological polar surface area (TPSA) is 61.6 Å². The SMILES string of the molecule is COCc1onc(-c2ccc(F)cc2)c1OC(C)=O. The van der Waals surface area contributed by atoms with Gasteiger partial charge < -0.3 is 14.0 Å². The van der Waals surface area contributed by atoms with Gasteiger partial charge in [-0.25, -0.2) is 4.39 Å². The average Bonchev–Trinajstić information content (AvgIpc) is 2.73. The summed E-state index contributed by atoms with van der Waals surface area (Å²) in [5, 5.41) is 3.83. The van der Waals surface area contributed by atoms with Gasteiger partial charge in [-0.1, -0.05) is 5.16 Å². The van der Waals surface area contributed by atoms with Crippen molar-refractivity contribution in [3.63, 3.8) is 0 Å². The summed E-state index contributed by atoms with van der Waals surface area (Å²) >= 11 is 0. The monoisotopic (exact) mass is 265 g/mol. The maximum Gasteiger partial charge on any atom is 0.308 e. The highest BCUT2D eigenvalue weighted by Crippen LogP contribution is 2.33. The van der Waals surface area contributed by atoms with Crippen LogP contribution in [0.1, 0.15) is 12.7 Å². The van der Waals surface area contributed by atoms with Crippen molar-refractivity contribution in [2.75, 3.05) is 7.11 Å². The number of benzene rings is 1. The van der Waals surface area contributed by atoms with Gasteiger partial charge in [-0.05, 0) is 24.3 Å². The van der Waals surface area contributed by atoms with E-state index in [2.05, 4.69) is 5.16 Å². The molecule has 2 rings (SSSR count). The fourth-order valence-corrected chi connectivity index (χ4v) is 1.58. The summed E-state index contributed by atoms with van der Waals surface area (Å²) in [4.78, 5) is 11.1. The normalized spacial score (nSPS) is 10.5. The molecule has 0 atom stereocenters. The van der Waals surface area contributed by atoms with Crippen LogP contribution in [0.25, 0.3) is 11.3 Å². The summed E-state index contributed by atoms with van der Waals surface area (Å²) in [6, 6.07) is 5.63. The lowest BCUT2D eigenvalue weighted by Gasteiger charge is -2.03. The Morgan fingerprint density at radius 3 is 2.63 bits per heavy atom. The second-order valence-corrected chi connectivity index (χ2v) is 3.82. The number of hydrogen-bond acceptors (Lipinski definition) is 5. The van der Waals surface area contributed by atoms with E-state index in [1.807, 2.05) is 0 Å². The predicted molar refractivity (Wildman–Crippen MR) is 63.9 cm³/mol. The summed E-state index contributed by atoms with van der Waals surface area (Å²) < 4.78 is 28.0. The summed E-state index contributed by atoms with van der Waals surface area (Å²) in [5.74, 6) is -0.361. The number of rotatable bonds is 4. The van der Waals surface area contributed by atoms with Gasteiger partial charge in [0.25, 0.3) is 0 Å². The minimum Gasteiger partial charge on any atom is -0.420 e. The number of methoxy groups -OCH3 is 1. The third-order valence-corrected chi connectivity index (χ3v) is 2.35. The second-order valence-electron chi connectivity index (χ2n) is 3.82. The first-order valence-corrected chi connectivity index (χ1v) is 5.53. The first kappa shape index (κ1) is 13.2. The van der Waals surface area contributed by atoms with Gasteiger partial charge in [0.2, 0.25) is 11.5 Å². The van der Waals surface area contributed by atoms with Gasteiger partial charge in [-0.15, -0.1) is 0 Å². The molecule has 0 bridgehead atoms. The molecule has 0 amide bonds. The molecule has 19 heavy (non-hydrogen) atoms. The van der Waals surface area contributed by atoms with Crippen molar-refractivity contribution in [3.05, 3.63) is 35.8 Å². The van der Waals surface area contributed by atoms with Gasteiger partial charge in [0.1, 0.15) is 12.4 Å². The van der Waals surface area contributed by atoms with Crippen LogP contribution in [0.4, 0.5) is 4.39 Å². The molecule has 1 aromatic carbocycles. The Morgan fingerprint density at radius 1 is 1.37 bits per heavy atom. The molecular formula is C13H12FNO4. The lowest BCUT2D eigenvalue weighted by molar-refractivity contribution is -0.132. The second kappa shape index (κ2) is 5.62. The van der Waals surface area contributed by atoms with Gasteiger partial charge >= 0.3 is 5.97 Å². The largest absolute Gasteiger partial charge is 0.420 e. The van der Waals surface area contributed by atoms with Gasteiger partial charge in [-0.2, -0.15) is 0 Å². The number of halogens is 1. The van der Waals surface area contributed by atoms with Gasteiger partial charge in [0.05, 0.1) is 0 Å². The van der Waals surface area contributed by atoms with Gasteiger partial charge in [0, 0.05) is 19.6 Å². The third-order valence-electron chi connectivity index (χ3n) is 2.35. The summed E-state index contributed by atoms with van der Waals surface area (Å²) in [7, 11) is 1.48. The van der Waals surface area contributed by atoms with E-state index in [0.29, 0.717) is 17.0 Å². The van der Waals surface area contributed by atoms with Crippen molar-refractivity contribution < 1.29 is 23.2 Å². The Kier molecular flexibility index (Phi) is 3.91. The highest BCUT2D eigenvalue weighted by Gasteiger charge is 2.20. The number of esters is 1. The van der Waals surface area contributed by atoms with E-state index in [9.17, 15) is 9.18 Å². The zero-order valence-corrected chi connectivity index (χ0v) is 10.5. The molecule has 0 aliphatic heterocycles. The first-order chi connectivity index (χ1) is 9.11. The molecule has 0 saturated heterocycles. The fourth-order valence-electron chi connectivity index (χ4n) is 1.58. The summed E-state index contributed by atoms with van der Waals surface area (Å²) in [6.45, 7) is 1.40. The van der Waals surface area contributed by atoms with E-state index >= 15 is 0 Å². The Balaban J connectivity index is 2.44. The van der Waals surface area contributed by atoms with Gasteiger partial charge in [0.15, 0.2) is 5.69 Å². The maximum atomic E-state index is 12.9. The zero-order chi connectivity index (χ0) is 13.8. The number of hydrogen-bond donors (Lipinski definition) is 0. The van der Waals surface area contributed by atoms with Crippen LogP contribution in [0.3, 0.4) is 0 Å². The van der Waals surface area contributed by atoms with Crippen LogP contribution in [0.15, 0.2) is 28.8 Å². The van der Waals surface area contributed by atoms with Crippen LogP contribution in [0.2, 0.25) is 0 Å². The molecule has 0 fully saturated rings. The van der Waals surface area contributed by atoms with Crippen molar-refractivity contribution in [2.45, 2.75) is 13.5 Å². The highest BCUT2D eigenvalue weighted by molar-refractivity contribution is 5.75. The van der Waals surface area contributed by atoms with Crippen molar-refractivity contribution in [1.29, 1.82) is 0 Å². The average molecular weight is 265 g/mol. The molecule has 0 spiro atoms. The number of nitrogens with zero attached hydrogens (tertiary/aromatic N) is 1. The number of ether oxygens (including phenoxy) is 2. The Hall–Kier alpha value is -2.21. The Morgan fingerprint density at radius 2 is 2.05 bits per heavy atom. The molecule has 0 aliphatic rings. The van der Waals surface area contributed by atoms with Gasteiger partial charge in [-0.3, -0.25) is 4.79 Å². The number of carbonyl (C=O) groups excluding carboxylic acids is 1. The maximum absolute atomic E-state index is 12.9. The molecule has 100 valence electrons. The summed E-state index contributed by atoms with van der Waals surface area (Å²) in [6.07, 6.45) is 0. The lowest BCUT2D eigenvalue weighted by Crippen LogP contribution is -2.04. The van der Waals surface area contributed by atoms with Crippen molar-refractivity contribution in [1.82, 2.24) is 5.16 Å². The first-order valence-electron chi connectivity index (χ1n) is 5.53. The molecule has 0 N–H and O–H groups in total. The molecule has 0 aliphatic carbocycles. The molecule has 0 saturated carbocycles. The van der Waals surface area contributed by atoms with E-state index in [0.717, 1.165) is 0 Å². The van der Waals surface area contributed by atoms with Crippen LogP contribution in [-0.2, 0) is 16.1 Å². The van der Waals surface area contributed by atoms with Crippen LogP contribution < -0.4 is 4.74 Å². The van der Waals surface area contributed by atoms with Crippen LogP contribution in [0.5, 0.6) is 5.75 Å². The van der Waals surface area contributed by atoms with E-state index in [1.165, 1.54) is 38.3 Å². The quantitative estimate of drug-likeness (QED) is 0.795. The number of aromatic nitrogens is 1. The molecule has 6 heteroatoms. The fraction of sp³-hybridized carbons (Fsp3) is 0.231. The Bertz CT molecular complexity index is 577. The van der Waals surface area contributed by atoms with Crippen LogP contribution >= 0.6 is 0 Å². The standard InChI is InChI=1S/C13H12FNO4/c1-8(16)18-13-11(7-17-2)19-15-12(13)9-3-5-10(14)6-4-9/h3-6H,7H2,1-2H3. The predicted octanol–water partition coefficient (Wildman–Crippen LogP) is 2.55. The number of carbonyl (C=O) groups is 1. The molecule has 5 nitrogen and oxygen atoms in total. The lowest BCUT2D eigenvalue weighted by atomic mass is 10.1. The van der Waals surface area contributed by atoms with Crippen LogP contribution in [0, 0.1) is 5.82 Å². The minimum atomic E-state index is -0.496. The molecule has 1 heterocycles. The molecule has 0 unspecified atom stereocenters. The molecule has 2 aromatic rings. The molecule has 1 aromatic heterocycles. The van der Waals surface area contributed by atoms with E-state index < -0.39 is 5.97 Å². The minimum absolute atomic E-state index is 0.122. The van der Waals surface area contributed by atoms with Crippen LogP contribution in [-0.4, -0.2) is 18.2 Å². The van der Waals surface area contributed by atoms with Crippen molar-refractivity contribution >= 4 is 5.97 Å². The van der Waals surface area contributed by atoms with E-state index in [4.69, 9.17) is 14.0 Å².